The van der Waals surface area contributed by atoms with Gasteiger partial charge in [-0.2, -0.15) is 5.10 Å². The lowest BCUT2D eigenvalue weighted by Crippen LogP contribution is -2.37. The highest BCUT2D eigenvalue weighted by Gasteiger charge is 2.26. The van der Waals surface area contributed by atoms with E-state index in [1.165, 1.54) is 6.20 Å². The molecule has 3 atom stereocenters. The molecule has 3 N–H and O–H groups in total. The molecule has 1 fully saturated rings. The van der Waals surface area contributed by atoms with E-state index < -0.39 is 0 Å². The summed E-state index contributed by atoms with van der Waals surface area (Å²) in [6.45, 7) is 15.3. The zero-order chi connectivity index (χ0) is 25.7. The first-order valence-electron chi connectivity index (χ1n) is 12.3. The van der Waals surface area contributed by atoms with Gasteiger partial charge in [0.05, 0.1) is 16.4 Å². The van der Waals surface area contributed by atoms with Crippen LogP contribution >= 0.6 is 11.6 Å². The van der Waals surface area contributed by atoms with Crippen molar-refractivity contribution in [2.45, 2.75) is 65.8 Å². The van der Waals surface area contributed by atoms with Crippen LogP contribution < -0.4 is 10.6 Å². The second kappa shape index (κ2) is 11.9. The Labute approximate surface area is 213 Å². The number of piperidine rings is 1. The number of aromatic nitrogens is 2. The van der Waals surface area contributed by atoms with Crippen LogP contribution in [0.2, 0.25) is 0 Å². The molecule has 1 aromatic heterocycles. The Balaban J connectivity index is 1.78. The molecule has 2 heterocycles. The van der Waals surface area contributed by atoms with Gasteiger partial charge in [-0.25, -0.2) is 9.38 Å². The molecule has 0 saturated carbocycles. The Hall–Kier alpha value is -2.64. The van der Waals surface area contributed by atoms with Crippen molar-refractivity contribution in [2.75, 3.05) is 24.2 Å². The summed E-state index contributed by atoms with van der Waals surface area (Å²) in [5, 5.41) is 13.6. The Morgan fingerprint density at radius 1 is 1.37 bits per heavy atom. The monoisotopic (exact) mass is 500 g/mol. The van der Waals surface area contributed by atoms with E-state index in [0.717, 1.165) is 42.6 Å². The van der Waals surface area contributed by atoms with Crippen molar-refractivity contribution >= 4 is 28.9 Å². The number of allylic oxidation sites excluding steroid dienone is 1. The summed E-state index contributed by atoms with van der Waals surface area (Å²) in [4.78, 5) is 6.94. The minimum Gasteiger partial charge on any atom is -0.341 e. The van der Waals surface area contributed by atoms with Crippen LogP contribution in [0.1, 0.15) is 62.8 Å². The molecule has 35 heavy (non-hydrogen) atoms. The largest absolute Gasteiger partial charge is 0.341 e. The molecule has 3 rings (SSSR count). The van der Waals surface area contributed by atoms with Gasteiger partial charge in [-0.1, -0.05) is 32.0 Å². The first kappa shape index (κ1) is 27.0. The number of H-pyrrole nitrogens is 1. The summed E-state index contributed by atoms with van der Waals surface area (Å²) in [6.07, 6.45) is 4.47. The number of rotatable bonds is 8. The standard InChI is InChI=1S/C27H38ClFN6/c1-8-16(2)27(30-15-23(28)20(6)31-26-12-18(4)33-34-26)32-25-11-17(3)22(14-24(25)29)21-9-10-35(7)19(5)13-21/h11-12,14-16,19,21H,6,8-10,13H2,1-5,7H3,(H,30,32)(H2,31,33,34)/b23-15+. The molecular weight excluding hydrogens is 463 g/mol. The summed E-state index contributed by atoms with van der Waals surface area (Å²) in [6, 6.07) is 5.95. The first-order chi connectivity index (χ1) is 16.6. The lowest BCUT2D eigenvalue weighted by atomic mass is 9.84. The highest BCUT2D eigenvalue weighted by Crippen LogP contribution is 2.35. The van der Waals surface area contributed by atoms with Crippen molar-refractivity contribution in [3.8, 4) is 0 Å². The molecule has 3 unspecified atom stereocenters. The maximum atomic E-state index is 15.3. The molecule has 190 valence electrons. The van der Waals surface area contributed by atoms with Gasteiger partial charge in [0.15, 0.2) is 5.82 Å². The van der Waals surface area contributed by atoms with Gasteiger partial charge in [0.1, 0.15) is 11.7 Å². The zero-order valence-electron chi connectivity index (χ0n) is 21.7. The predicted octanol–water partition coefficient (Wildman–Crippen LogP) is 6.93. The average molecular weight is 501 g/mol. The molecule has 2 aromatic rings. The third kappa shape index (κ3) is 6.95. The quantitative estimate of drug-likeness (QED) is 0.209. The number of likely N-dealkylation sites (tertiary alicyclic amines) is 1. The van der Waals surface area contributed by atoms with Crippen molar-refractivity contribution in [1.29, 1.82) is 0 Å². The van der Waals surface area contributed by atoms with Crippen LogP contribution in [0.3, 0.4) is 0 Å². The number of aromatic amines is 1. The highest BCUT2D eigenvalue weighted by molar-refractivity contribution is 6.32. The number of nitrogens with one attached hydrogen (secondary N) is 3. The molecule has 6 nitrogen and oxygen atoms in total. The van der Waals surface area contributed by atoms with Gasteiger partial charge < -0.3 is 15.5 Å². The number of aryl methyl sites for hydroxylation is 2. The molecule has 0 spiro atoms. The van der Waals surface area contributed by atoms with Crippen molar-refractivity contribution in [3.63, 3.8) is 0 Å². The summed E-state index contributed by atoms with van der Waals surface area (Å²) in [5.74, 6) is 1.47. The lowest BCUT2D eigenvalue weighted by Gasteiger charge is -2.36. The van der Waals surface area contributed by atoms with Crippen LogP contribution in [-0.2, 0) is 0 Å². The Bertz CT molecular complexity index is 1110. The Kier molecular flexibility index (Phi) is 9.14. The Morgan fingerprint density at radius 3 is 2.74 bits per heavy atom. The predicted molar refractivity (Wildman–Crippen MR) is 146 cm³/mol. The van der Waals surface area contributed by atoms with Gasteiger partial charge in [0.2, 0.25) is 0 Å². The summed E-state index contributed by atoms with van der Waals surface area (Å²) >= 11 is 6.42. The van der Waals surface area contributed by atoms with Gasteiger partial charge >= 0.3 is 0 Å². The molecule has 1 aliphatic rings. The Morgan fingerprint density at radius 2 is 2.11 bits per heavy atom. The number of hydrogen-bond donors (Lipinski definition) is 3. The fourth-order valence-electron chi connectivity index (χ4n) is 4.32. The normalized spacial score (nSPS) is 20.6. The highest BCUT2D eigenvalue weighted by atomic mass is 35.5. The summed E-state index contributed by atoms with van der Waals surface area (Å²) in [5.41, 5.74) is 4.04. The number of anilines is 2. The minimum atomic E-state index is -0.261. The average Bonchev–Trinajstić information content (AvgIpc) is 3.23. The topological polar surface area (TPSA) is 68.3 Å². The van der Waals surface area contributed by atoms with E-state index in [4.69, 9.17) is 11.6 Å². The SMILES string of the molecule is C=C(Nc1cc(C)[nH]n1)/C(Cl)=C\N=C(Nc1cc(C)c(C2CCN(C)C(C)C2)cc1F)C(C)CC. The maximum absolute atomic E-state index is 15.3. The van der Waals surface area contributed by atoms with Gasteiger partial charge in [0, 0.05) is 29.9 Å². The number of halogens is 2. The fourth-order valence-corrected chi connectivity index (χ4v) is 4.41. The van der Waals surface area contributed by atoms with Gasteiger partial charge in [0.25, 0.3) is 0 Å². The molecule has 1 aromatic carbocycles. The van der Waals surface area contributed by atoms with Crippen molar-refractivity contribution in [3.05, 3.63) is 64.3 Å². The molecule has 0 bridgehead atoms. The summed E-state index contributed by atoms with van der Waals surface area (Å²) < 4.78 is 15.3. The van der Waals surface area contributed by atoms with Gasteiger partial charge in [-0.3, -0.25) is 5.10 Å². The number of amidine groups is 1. The third-order valence-corrected chi connectivity index (χ3v) is 7.26. The van der Waals surface area contributed by atoms with Crippen LogP contribution in [0.5, 0.6) is 0 Å². The van der Waals surface area contributed by atoms with E-state index in [1.54, 1.807) is 6.07 Å². The van der Waals surface area contributed by atoms with Crippen LogP contribution in [0, 0.1) is 25.6 Å². The molecule has 0 amide bonds. The fraction of sp³-hybridized carbons (Fsp3) is 0.481. The zero-order valence-corrected chi connectivity index (χ0v) is 22.4. The van der Waals surface area contributed by atoms with Crippen LogP contribution in [0.4, 0.5) is 15.9 Å². The van der Waals surface area contributed by atoms with Gasteiger partial charge in [-0.15, -0.1) is 0 Å². The number of aliphatic imine (C=N–C) groups is 1. The van der Waals surface area contributed by atoms with Crippen LogP contribution in [-0.4, -0.2) is 40.6 Å². The van der Waals surface area contributed by atoms with Gasteiger partial charge in [-0.05, 0) is 82.8 Å². The second-order valence-corrected chi connectivity index (χ2v) is 10.1. The molecule has 0 radical (unpaired) electrons. The summed E-state index contributed by atoms with van der Waals surface area (Å²) in [7, 11) is 2.15. The molecule has 1 saturated heterocycles. The number of hydrogen-bond acceptors (Lipinski definition) is 4. The number of nitrogens with zero attached hydrogens (tertiary/aromatic N) is 3. The first-order valence-corrected chi connectivity index (χ1v) is 12.7. The molecule has 8 heteroatoms. The minimum absolute atomic E-state index is 0.0834. The third-order valence-electron chi connectivity index (χ3n) is 6.94. The van der Waals surface area contributed by atoms with Crippen molar-refractivity contribution in [2.24, 2.45) is 10.9 Å². The second-order valence-electron chi connectivity index (χ2n) is 9.70. The molecule has 1 aliphatic heterocycles. The van der Waals surface area contributed by atoms with Crippen LogP contribution in [0.15, 0.2) is 46.7 Å². The smallest absolute Gasteiger partial charge is 0.152 e. The van der Waals surface area contributed by atoms with E-state index in [9.17, 15) is 0 Å². The molecular formula is C27H38ClFN6. The molecule has 0 aliphatic carbocycles. The van der Waals surface area contributed by atoms with E-state index in [-0.39, 0.29) is 11.7 Å². The van der Waals surface area contributed by atoms with E-state index >= 15 is 4.39 Å². The maximum Gasteiger partial charge on any atom is 0.152 e. The van der Waals surface area contributed by atoms with Crippen LogP contribution in [0.25, 0.3) is 0 Å². The number of benzene rings is 1. The van der Waals surface area contributed by atoms with E-state index in [1.807, 2.05) is 26.0 Å². The van der Waals surface area contributed by atoms with Crippen molar-refractivity contribution in [1.82, 2.24) is 15.1 Å². The lowest BCUT2D eigenvalue weighted by molar-refractivity contribution is 0.182. The van der Waals surface area contributed by atoms with E-state index in [0.29, 0.717) is 40.0 Å². The van der Waals surface area contributed by atoms with E-state index in [2.05, 4.69) is 65.1 Å². The van der Waals surface area contributed by atoms with Crippen molar-refractivity contribution < 1.29 is 4.39 Å².